The van der Waals surface area contributed by atoms with Gasteiger partial charge in [0.15, 0.2) is 0 Å². The first-order valence-corrected chi connectivity index (χ1v) is 4.74. The van der Waals surface area contributed by atoms with Crippen molar-refractivity contribution < 1.29 is 5.11 Å². The van der Waals surface area contributed by atoms with Crippen molar-refractivity contribution >= 4 is 0 Å². The van der Waals surface area contributed by atoms with Crippen LogP contribution in [0.1, 0.15) is 26.5 Å². The van der Waals surface area contributed by atoms with E-state index in [0.717, 1.165) is 5.69 Å². The van der Waals surface area contributed by atoms with Gasteiger partial charge in [0.2, 0.25) is 0 Å². The fourth-order valence-electron chi connectivity index (χ4n) is 1.57. The summed E-state index contributed by atoms with van der Waals surface area (Å²) in [6, 6.07) is 1.80. The van der Waals surface area contributed by atoms with Crippen LogP contribution in [0.15, 0.2) is 12.3 Å². The Labute approximate surface area is 84.7 Å². The molecule has 1 aromatic heterocycles. The van der Waals surface area contributed by atoms with Crippen LogP contribution < -0.4 is 5.73 Å². The van der Waals surface area contributed by atoms with Crippen molar-refractivity contribution in [3.63, 3.8) is 0 Å². The fourth-order valence-corrected chi connectivity index (χ4v) is 1.57. The smallest absolute Gasteiger partial charge is 0.123 e. The third kappa shape index (κ3) is 1.55. The third-order valence-electron chi connectivity index (χ3n) is 2.78. The van der Waals surface area contributed by atoms with Crippen molar-refractivity contribution in [1.29, 1.82) is 0 Å². The van der Waals surface area contributed by atoms with Crippen LogP contribution in [0.5, 0.6) is 0 Å². The van der Waals surface area contributed by atoms with Gasteiger partial charge in [-0.05, 0) is 11.5 Å². The van der Waals surface area contributed by atoms with E-state index >= 15 is 0 Å². The first kappa shape index (κ1) is 11.2. The maximum absolute atomic E-state index is 10.5. The van der Waals surface area contributed by atoms with Crippen molar-refractivity contribution in [2.24, 2.45) is 18.2 Å². The van der Waals surface area contributed by atoms with E-state index < -0.39 is 5.60 Å². The highest BCUT2D eigenvalue weighted by Gasteiger charge is 2.42. The topological polar surface area (TPSA) is 64.1 Å². The molecule has 1 heterocycles. The number of nitrogens with two attached hydrogens (primary N) is 1. The van der Waals surface area contributed by atoms with Gasteiger partial charge in [0.25, 0.3) is 0 Å². The lowest BCUT2D eigenvalue weighted by Gasteiger charge is -2.39. The van der Waals surface area contributed by atoms with Gasteiger partial charge in [-0.3, -0.25) is 4.68 Å². The lowest BCUT2D eigenvalue weighted by Crippen LogP contribution is -2.47. The molecule has 3 N–H and O–H groups in total. The lowest BCUT2D eigenvalue weighted by atomic mass is 9.74. The summed E-state index contributed by atoms with van der Waals surface area (Å²) in [4.78, 5) is 0. The molecule has 80 valence electrons. The van der Waals surface area contributed by atoms with E-state index in [9.17, 15) is 5.11 Å². The normalized spacial score (nSPS) is 16.7. The molecule has 1 atom stereocenters. The van der Waals surface area contributed by atoms with Gasteiger partial charge in [-0.15, -0.1) is 0 Å². The number of aromatic nitrogens is 2. The summed E-state index contributed by atoms with van der Waals surface area (Å²) >= 11 is 0. The summed E-state index contributed by atoms with van der Waals surface area (Å²) in [7, 11) is 1.81. The van der Waals surface area contributed by atoms with Gasteiger partial charge in [-0.1, -0.05) is 20.8 Å². The zero-order valence-corrected chi connectivity index (χ0v) is 9.28. The number of aryl methyl sites for hydroxylation is 1. The van der Waals surface area contributed by atoms with Crippen LogP contribution in [0.2, 0.25) is 0 Å². The second kappa shape index (κ2) is 3.37. The largest absolute Gasteiger partial charge is 0.382 e. The maximum atomic E-state index is 10.5. The summed E-state index contributed by atoms with van der Waals surface area (Å²) < 4.78 is 1.66. The van der Waals surface area contributed by atoms with Crippen molar-refractivity contribution in [2.75, 3.05) is 6.54 Å². The Hall–Kier alpha value is -0.870. The van der Waals surface area contributed by atoms with Crippen LogP contribution in [-0.2, 0) is 12.6 Å². The SMILES string of the molecule is Cn1nccc1C(O)(CN)C(C)(C)C. The molecule has 0 radical (unpaired) electrons. The van der Waals surface area contributed by atoms with Gasteiger partial charge in [0.05, 0.1) is 5.69 Å². The predicted octanol–water partition coefficient (Wildman–Crippen LogP) is 0.612. The highest BCUT2D eigenvalue weighted by Crippen LogP contribution is 2.37. The molecular weight excluding hydrogens is 178 g/mol. The van der Waals surface area contributed by atoms with E-state index in [4.69, 9.17) is 5.73 Å². The number of hydrogen-bond acceptors (Lipinski definition) is 3. The Bertz CT molecular complexity index is 313. The minimum absolute atomic E-state index is 0.191. The van der Waals surface area contributed by atoms with Gasteiger partial charge >= 0.3 is 0 Å². The number of aliphatic hydroxyl groups is 1. The lowest BCUT2D eigenvalue weighted by molar-refractivity contribution is -0.0620. The standard InChI is InChI=1S/C10H19N3O/c1-9(2,3)10(14,7-11)8-5-6-12-13(8)4/h5-6,14H,7,11H2,1-4H3. The molecule has 0 saturated heterocycles. The molecule has 4 nitrogen and oxygen atoms in total. The highest BCUT2D eigenvalue weighted by atomic mass is 16.3. The summed E-state index contributed by atoms with van der Waals surface area (Å²) in [5, 5.41) is 14.6. The fraction of sp³-hybridized carbons (Fsp3) is 0.700. The zero-order valence-electron chi connectivity index (χ0n) is 9.28. The number of hydrogen-bond donors (Lipinski definition) is 2. The van der Waals surface area contributed by atoms with Gasteiger partial charge in [-0.2, -0.15) is 5.10 Å². The van der Waals surface area contributed by atoms with Gasteiger partial charge in [0.1, 0.15) is 5.60 Å². The van der Waals surface area contributed by atoms with Crippen LogP contribution in [0.3, 0.4) is 0 Å². The Morgan fingerprint density at radius 1 is 1.50 bits per heavy atom. The first-order valence-electron chi connectivity index (χ1n) is 4.74. The van der Waals surface area contributed by atoms with E-state index in [1.54, 1.807) is 16.9 Å². The maximum Gasteiger partial charge on any atom is 0.123 e. The molecule has 1 aromatic rings. The van der Waals surface area contributed by atoms with E-state index in [1.807, 2.05) is 27.8 Å². The Morgan fingerprint density at radius 3 is 2.36 bits per heavy atom. The summed E-state index contributed by atoms with van der Waals surface area (Å²) in [6.07, 6.45) is 1.67. The molecule has 1 rings (SSSR count). The van der Waals surface area contributed by atoms with Gasteiger partial charge in [-0.25, -0.2) is 0 Å². The van der Waals surface area contributed by atoms with Crippen LogP contribution >= 0.6 is 0 Å². The highest BCUT2D eigenvalue weighted by molar-refractivity contribution is 5.16. The molecule has 0 spiro atoms. The number of nitrogens with zero attached hydrogens (tertiary/aromatic N) is 2. The van der Waals surface area contributed by atoms with E-state index in [-0.39, 0.29) is 12.0 Å². The Balaban J connectivity index is 3.22. The molecule has 14 heavy (non-hydrogen) atoms. The minimum atomic E-state index is -1.03. The molecule has 0 bridgehead atoms. The first-order chi connectivity index (χ1) is 6.33. The van der Waals surface area contributed by atoms with Crippen molar-refractivity contribution in [3.05, 3.63) is 18.0 Å². The second-order valence-corrected chi connectivity index (χ2v) is 4.65. The van der Waals surface area contributed by atoms with E-state index in [2.05, 4.69) is 5.10 Å². The minimum Gasteiger partial charge on any atom is -0.382 e. The Morgan fingerprint density at radius 2 is 2.07 bits per heavy atom. The monoisotopic (exact) mass is 197 g/mol. The zero-order chi connectivity index (χ0) is 11.0. The molecule has 0 aliphatic rings. The molecule has 0 aliphatic carbocycles. The Kier molecular flexibility index (Phi) is 2.69. The van der Waals surface area contributed by atoms with E-state index in [1.165, 1.54) is 0 Å². The molecule has 0 fully saturated rings. The van der Waals surface area contributed by atoms with Crippen LogP contribution in [0, 0.1) is 5.41 Å². The van der Waals surface area contributed by atoms with E-state index in [0.29, 0.717) is 0 Å². The molecule has 0 aromatic carbocycles. The molecule has 0 saturated carbocycles. The molecule has 0 amide bonds. The van der Waals surface area contributed by atoms with Gasteiger partial charge in [0, 0.05) is 19.8 Å². The molecule has 1 unspecified atom stereocenters. The third-order valence-corrected chi connectivity index (χ3v) is 2.78. The van der Waals surface area contributed by atoms with Crippen molar-refractivity contribution in [1.82, 2.24) is 9.78 Å². The van der Waals surface area contributed by atoms with Crippen LogP contribution in [-0.4, -0.2) is 21.4 Å². The summed E-state index contributed by atoms with van der Waals surface area (Å²) in [5.41, 5.74) is 5.08. The van der Waals surface area contributed by atoms with Gasteiger partial charge < -0.3 is 10.8 Å². The van der Waals surface area contributed by atoms with Crippen LogP contribution in [0.25, 0.3) is 0 Å². The summed E-state index contributed by atoms with van der Waals surface area (Å²) in [5.74, 6) is 0. The average molecular weight is 197 g/mol. The summed E-state index contributed by atoms with van der Waals surface area (Å²) in [6.45, 7) is 6.09. The van der Waals surface area contributed by atoms with Crippen LogP contribution in [0.4, 0.5) is 0 Å². The van der Waals surface area contributed by atoms with Crippen molar-refractivity contribution in [3.8, 4) is 0 Å². The quantitative estimate of drug-likeness (QED) is 0.730. The van der Waals surface area contributed by atoms with Crippen molar-refractivity contribution in [2.45, 2.75) is 26.4 Å². The molecular formula is C10H19N3O. The molecule has 0 aliphatic heterocycles. The number of rotatable bonds is 2. The molecule has 4 heteroatoms. The predicted molar refractivity (Wildman–Crippen MR) is 55.6 cm³/mol. The average Bonchev–Trinajstić information content (AvgIpc) is 2.48. The second-order valence-electron chi connectivity index (χ2n) is 4.65.